The Morgan fingerprint density at radius 3 is 2.75 bits per heavy atom. The van der Waals surface area contributed by atoms with E-state index in [0.717, 1.165) is 5.56 Å². The number of nitrogens with one attached hydrogen (secondary N) is 1. The molecule has 1 aliphatic heterocycles. The zero-order chi connectivity index (χ0) is 19.4. The number of carbonyl (C=O) groups is 1. The molecule has 0 fully saturated rings. The number of halogens is 1. The molecule has 4 aromatic rings. The fourth-order valence-electron chi connectivity index (χ4n) is 3.74. The first-order chi connectivity index (χ1) is 13.5. The number of anilines is 1. The molecule has 28 heavy (non-hydrogen) atoms. The van der Waals surface area contributed by atoms with E-state index < -0.39 is 5.92 Å². The number of amides is 1. The summed E-state index contributed by atoms with van der Waals surface area (Å²) in [4.78, 5) is 12.4. The van der Waals surface area contributed by atoms with Crippen LogP contribution in [-0.2, 0) is 4.79 Å². The minimum Gasteiger partial charge on any atom is -0.310 e. The van der Waals surface area contributed by atoms with Crippen molar-refractivity contribution in [2.45, 2.75) is 26.2 Å². The molecule has 1 atom stereocenters. The zero-order valence-corrected chi connectivity index (χ0v) is 15.2. The Hall–Kier alpha value is -3.62. The lowest BCUT2D eigenvalue weighted by molar-refractivity contribution is -0.116. The van der Waals surface area contributed by atoms with Crippen LogP contribution in [0.4, 0.5) is 10.2 Å². The molecular formula is C19H16FN7O. The van der Waals surface area contributed by atoms with Crippen molar-refractivity contribution in [3.63, 3.8) is 0 Å². The molecule has 0 radical (unpaired) electrons. The standard InChI is InChI=1S/C19H16FN7O/c1-10-18-13(12-5-3-4-6-14(12)20)9-17(28)21-19(18)27(24-10)16-8-7-15-23-22-11(2)26(15)25-16/h3-8,13H,9H2,1-2H3,(H,21,28). The van der Waals surface area contributed by atoms with E-state index in [-0.39, 0.29) is 18.1 Å². The maximum absolute atomic E-state index is 14.5. The van der Waals surface area contributed by atoms with Crippen LogP contribution in [0.3, 0.4) is 0 Å². The highest BCUT2D eigenvalue weighted by Gasteiger charge is 2.34. The van der Waals surface area contributed by atoms with Gasteiger partial charge in [-0.05, 0) is 37.6 Å². The van der Waals surface area contributed by atoms with Crippen LogP contribution in [0.1, 0.15) is 35.0 Å². The van der Waals surface area contributed by atoms with E-state index in [1.165, 1.54) is 6.07 Å². The Kier molecular flexibility index (Phi) is 3.51. The van der Waals surface area contributed by atoms with Gasteiger partial charge in [0.2, 0.25) is 5.91 Å². The van der Waals surface area contributed by atoms with Gasteiger partial charge in [0, 0.05) is 17.9 Å². The summed E-state index contributed by atoms with van der Waals surface area (Å²) >= 11 is 0. The second-order valence-electron chi connectivity index (χ2n) is 6.79. The molecule has 8 nitrogen and oxygen atoms in total. The van der Waals surface area contributed by atoms with Crippen LogP contribution in [0.2, 0.25) is 0 Å². The minimum atomic E-state index is -0.404. The molecule has 5 rings (SSSR count). The fourth-order valence-corrected chi connectivity index (χ4v) is 3.74. The van der Waals surface area contributed by atoms with Crippen molar-refractivity contribution in [1.29, 1.82) is 0 Å². The van der Waals surface area contributed by atoms with Gasteiger partial charge in [-0.3, -0.25) is 4.79 Å². The topological polar surface area (TPSA) is 90.0 Å². The Morgan fingerprint density at radius 1 is 1.11 bits per heavy atom. The first-order valence-electron chi connectivity index (χ1n) is 8.86. The van der Waals surface area contributed by atoms with Gasteiger partial charge in [-0.25, -0.2) is 4.39 Å². The van der Waals surface area contributed by atoms with Gasteiger partial charge >= 0.3 is 0 Å². The molecule has 1 amide bonds. The molecule has 1 unspecified atom stereocenters. The number of carbonyl (C=O) groups excluding carboxylic acids is 1. The van der Waals surface area contributed by atoms with Gasteiger partial charge in [-0.1, -0.05) is 18.2 Å². The molecule has 9 heteroatoms. The van der Waals surface area contributed by atoms with Crippen LogP contribution in [0.5, 0.6) is 0 Å². The van der Waals surface area contributed by atoms with E-state index >= 15 is 0 Å². The Labute approximate surface area is 159 Å². The maximum Gasteiger partial charge on any atom is 0.226 e. The summed E-state index contributed by atoms with van der Waals surface area (Å²) in [5.74, 6) is 0.735. The molecular weight excluding hydrogens is 361 g/mol. The van der Waals surface area contributed by atoms with Crippen molar-refractivity contribution in [2.24, 2.45) is 0 Å². The SMILES string of the molecule is Cc1nn(-c2ccc3nnc(C)n3n2)c2c1C(c1ccccc1F)CC(=O)N2. The van der Waals surface area contributed by atoms with Gasteiger partial charge in [-0.2, -0.15) is 14.3 Å². The highest BCUT2D eigenvalue weighted by Crippen LogP contribution is 2.40. The van der Waals surface area contributed by atoms with Crippen LogP contribution in [0.15, 0.2) is 36.4 Å². The quantitative estimate of drug-likeness (QED) is 0.580. The number of rotatable bonds is 2. The predicted molar refractivity (Wildman–Crippen MR) is 98.9 cm³/mol. The molecule has 0 bridgehead atoms. The molecule has 1 N–H and O–H groups in total. The lowest BCUT2D eigenvalue weighted by Gasteiger charge is -2.24. The number of fused-ring (bicyclic) bond motifs is 2. The third-order valence-electron chi connectivity index (χ3n) is 5.00. The van der Waals surface area contributed by atoms with E-state index in [9.17, 15) is 9.18 Å². The van der Waals surface area contributed by atoms with Crippen molar-refractivity contribution in [2.75, 3.05) is 5.32 Å². The number of hydrogen-bond acceptors (Lipinski definition) is 5. The smallest absolute Gasteiger partial charge is 0.226 e. The van der Waals surface area contributed by atoms with Gasteiger partial charge in [0.15, 0.2) is 17.3 Å². The lowest BCUT2D eigenvalue weighted by atomic mass is 9.85. The summed E-state index contributed by atoms with van der Waals surface area (Å²) in [6.07, 6.45) is 0.164. The van der Waals surface area contributed by atoms with Crippen molar-refractivity contribution < 1.29 is 9.18 Å². The molecule has 0 saturated carbocycles. The van der Waals surface area contributed by atoms with Crippen molar-refractivity contribution >= 4 is 17.4 Å². The summed E-state index contributed by atoms with van der Waals surface area (Å²) in [5, 5.41) is 20.0. The molecule has 1 aliphatic rings. The number of aromatic nitrogens is 6. The fraction of sp³-hybridized carbons (Fsp3) is 0.211. The number of benzene rings is 1. The minimum absolute atomic E-state index is 0.164. The third-order valence-corrected chi connectivity index (χ3v) is 5.00. The highest BCUT2D eigenvalue weighted by atomic mass is 19.1. The van der Waals surface area contributed by atoms with Gasteiger partial charge in [-0.15, -0.1) is 15.3 Å². The zero-order valence-electron chi connectivity index (χ0n) is 15.2. The van der Waals surface area contributed by atoms with Crippen molar-refractivity contribution in [3.05, 3.63) is 64.9 Å². The average molecular weight is 377 g/mol. The molecule has 1 aromatic carbocycles. The summed E-state index contributed by atoms with van der Waals surface area (Å²) in [7, 11) is 0. The molecule has 0 aliphatic carbocycles. The average Bonchev–Trinajstić information content (AvgIpc) is 3.21. The monoisotopic (exact) mass is 377 g/mol. The molecule has 140 valence electrons. The predicted octanol–water partition coefficient (Wildman–Crippen LogP) is 2.54. The van der Waals surface area contributed by atoms with Crippen molar-refractivity contribution in [1.82, 2.24) is 29.6 Å². The Balaban J connectivity index is 1.70. The molecule has 3 aromatic heterocycles. The second-order valence-corrected chi connectivity index (χ2v) is 6.79. The number of nitrogens with zero attached hydrogens (tertiary/aromatic N) is 6. The molecule has 0 spiro atoms. The summed E-state index contributed by atoms with van der Waals surface area (Å²) < 4.78 is 17.6. The summed E-state index contributed by atoms with van der Waals surface area (Å²) in [5.41, 5.74) is 2.62. The van der Waals surface area contributed by atoms with E-state index in [1.54, 1.807) is 46.5 Å². The van der Waals surface area contributed by atoms with E-state index in [2.05, 4.69) is 25.7 Å². The Bertz CT molecular complexity index is 1240. The van der Waals surface area contributed by atoms with Crippen LogP contribution >= 0.6 is 0 Å². The number of hydrogen-bond donors (Lipinski definition) is 1. The van der Waals surface area contributed by atoms with Crippen LogP contribution in [0, 0.1) is 19.7 Å². The lowest BCUT2D eigenvalue weighted by Crippen LogP contribution is -2.25. The normalized spacial score (nSPS) is 16.2. The largest absolute Gasteiger partial charge is 0.310 e. The highest BCUT2D eigenvalue weighted by molar-refractivity contribution is 5.95. The number of aryl methyl sites for hydroxylation is 2. The van der Waals surface area contributed by atoms with Gasteiger partial charge in [0.1, 0.15) is 11.6 Å². The van der Waals surface area contributed by atoms with Gasteiger partial charge in [0.25, 0.3) is 0 Å². The maximum atomic E-state index is 14.5. The summed E-state index contributed by atoms with van der Waals surface area (Å²) in [6, 6.07) is 10.1. The van der Waals surface area contributed by atoms with E-state index in [4.69, 9.17) is 0 Å². The van der Waals surface area contributed by atoms with Crippen molar-refractivity contribution in [3.8, 4) is 5.82 Å². The van der Waals surface area contributed by atoms with Crippen LogP contribution in [0.25, 0.3) is 11.5 Å². The Morgan fingerprint density at radius 2 is 1.93 bits per heavy atom. The first kappa shape index (κ1) is 16.5. The second kappa shape index (κ2) is 5.95. The van der Waals surface area contributed by atoms with E-state index in [0.29, 0.717) is 34.4 Å². The van der Waals surface area contributed by atoms with E-state index in [1.807, 2.05) is 6.92 Å². The van der Waals surface area contributed by atoms with Crippen LogP contribution < -0.4 is 5.32 Å². The molecule has 0 saturated heterocycles. The third kappa shape index (κ3) is 2.39. The van der Waals surface area contributed by atoms with Gasteiger partial charge < -0.3 is 5.32 Å². The van der Waals surface area contributed by atoms with Crippen LogP contribution in [-0.4, -0.2) is 35.5 Å². The molecule has 4 heterocycles. The van der Waals surface area contributed by atoms with Gasteiger partial charge in [0.05, 0.1) is 5.69 Å². The summed E-state index contributed by atoms with van der Waals surface area (Å²) in [6.45, 7) is 3.65. The first-order valence-corrected chi connectivity index (χ1v) is 8.86.